The maximum atomic E-state index is 4.78. The number of nitrogens with zero attached hydrogens (tertiary/aromatic N) is 5. The fraction of sp³-hybridized carbons (Fsp3) is 0.500. The zero-order valence-electron chi connectivity index (χ0n) is 20.3. The summed E-state index contributed by atoms with van der Waals surface area (Å²) < 4.78 is 0. The van der Waals surface area contributed by atoms with Crippen LogP contribution < -0.4 is 10.6 Å². The number of allylic oxidation sites excluding steroid dienone is 1. The highest BCUT2D eigenvalue weighted by molar-refractivity contribution is 5.85. The number of anilines is 2. The molecule has 1 unspecified atom stereocenters. The first-order valence-electron chi connectivity index (χ1n) is 12.5. The minimum absolute atomic E-state index is 0.381. The van der Waals surface area contributed by atoms with Gasteiger partial charge in [-0.25, -0.2) is 9.97 Å². The van der Waals surface area contributed by atoms with Gasteiger partial charge in [-0.1, -0.05) is 37.8 Å². The molecule has 1 aromatic carbocycles. The van der Waals surface area contributed by atoms with Crippen molar-refractivity contribution in [2.75, 3.05) is 43.4 Å². The molecule has 0 spiro atoms. The van der Waals surface area contributed by atoms with Gasteiger partial charge in [0, 0.05) is 51.0 Å². The monoisotopic (exact) mass is 460 g/mol. The number of aromatic amines is 1. The summed E-state index contributed by atoms with van der Waals surface area (Å²) in [5.74, 6) is 1.97. The van der Waals surface area contributed by atoms with Crippen molar-refractivity contribution in [3.63, 3.8) is 0 Å². The Morgan fingerprint density at radius 3 is 2.79 bits per heavy atom. The van der Waals surface area contributed by atoms with Crippen LogP contribution in [-0.4, -0.2) is 68.7 Å². The Bertz CT molecular complexity index is 1130. The van der Waals surface area contributed by atoms with E-state index in [-0.39, 0.29) is 0 Å². The lowest BCUT2D eigenvalue weighted by Crippen LogP contribution is -2.38. The van der Waals surface area contributed by atoms with Crippen LogP contribution in [0, 0.1) is 5.92 Å². The van der Waals surface area contributed by atoms with Crippen LogP contribution in [0.3, 0.4) is 0 Å². The van der Waals surface area contributed by atoms with Gasteiger partial charge in [-0.2, -0.15) is 5.10 Å². The van der Waals surface area contributed by atoms with Gasteiger partial charge in [0.05, 0.1) is 6.20 Å². The Morgan fingerprint density at radius 2 is 2.00 bits per heavy atom. The lowest BCUT2D eigenvalue weighted by atomic mass is 9.99. The van der Waals surface area contributed by atoms with Crippen molar-refractivity contribution >= 4 is 22.8 Å². The van der Waals surface area contributed by atoms with Crippen LogP contribution in [0.5, 0.6) is 0 Å². The number of piperidine rings is 1. The molecule has 180 valence electrons. The van der Waals surface area contributed by atoms with Crippen molar-refractivity contribution in [1.82, 2.24) is 30.0 Å². The molecule has 0 aliphatic carbocycles. The fourth-order valence-electron chi connectivity index (χ4n) is 5.08. The van der Waals surface area contributed by atoms with Gasteiger partial charge in [-0.15, -0.1) is 0 Å². The zero-order chi connectivity index (χ0) is 23.5. The highest BCUT2D eigenvalue weighted by Crippen LogP contribution is 2.23. The lowest BCUT2D eigenvalue weighted by Gasteiger charge is -2.33. The van der Waals surface area contributed by atoms with Crippen LogP contribution in [0.25, 0.3) is 11.0 Å². The Morgan fingerprint density at radius 1 is 1.21 bits per heavy atom. The van der Waals surface area contributed by atoms with E-state index < -0.39 is 0 Å². The summed E-state index contributed by atoms with van der Waals surface area (Å²) in [7, 11) is 0. The second-order valence-electron chi connectivity index (χ2n) is 9.91. The van der Waals surface area contributed by atoms with Crippen molar-refractivity contribution in [2.45, 2.75) is 45.7 Å². The Hall–Kier alpha value is -3.13. The number of aromatic nitrogens is 4. The third-order valence-corrected chi connectivity index (χ3v) is 7.07. The molecule has 3 N–H and O–H groups in total. The number of fused-ring (bicyclic) bond motifs is 2. The molecular formula is C26H36N8. The van der Waals surface area contributed by atoms with E-state index >= 15 is 0 Å². The summed E-state index contributed by atoms with van der Waals surface area (Å²) in [6.45, 7) is 14.6. The van der Waals surface area contributed by atoms with Gasteiger partial charge < -0.3 is 15.5 Å². The molecule has 3 aromatic rings. The second kappa shape index (κ2) is 10.0. The molecule has 2 aliphatic heterocycles. The third-order valence-electron chi connectivity index (χ3n) is 7.07. The molecule has 0 bridgehead atoms. The third kappa shape index (κ3) is 5.17. The molecular weight excluding hydrogens is 424 g/mol. The lowest BCUT2D eigenvalue weighted by molar-refractivity contribution is 0.224. The van der Waals surface area contributed by atoms with Crippen molar-refractivity contribution in [2.24, 2.45) is 5.92 Å². The van der Waals surface area contributed by atoms with Gasteiger partial charge in [0.25, 0.3) is 0 Å². The maximum Gasteiger partial charge on any atom is 0.223 e. The summed E-state index contributed by atoms with van der Waals surface area (Å²) in [5, 5.41) is 14.6. The quantitative estimate of drug-likeness (QED) is 0.471. The van der Waals surface area contributed by atoms with Crippen LogP contribution in [0.1, 0.15) is 37.8 Å². The van der Waals surface area contributed by atoms with Crippen LogP contribution in [0.15, 0.2) is 42.7 Å². The highest BCUT2D eigenvalue weighted by Gasteiger charge is 2.21. The molecule has 5 rings (SSSR count). The number of H-pyrrole nitrogens is 1. The molecule has 0 radical (unpaired) electrons. The summed E-state index contributed by atoms with van der Waals surface area (Å²) in [6, 6.07) is 9.19. The molecule has 8 nitrogen and oxygen atoms in total. The number of hydrogen-bond donors (Lipinski definition) is 3. The number of rotatable bonds is 8. The molecule has 2 aromatic heterocycles. The number of likely N-dealkylation sites (tertiary alicyclic amines) is 1. The van der Waals surface area contributed by atoms with E-state index in [0.717, 1.165) is 81.1 Å². The molecule has 0 saturated carbocycles. The predicted octanol–water partition coefficient (Wildman–Crippen LogP) is 3.87. The van der Waals surface area contributed by atoms with Crippen molar-refractivity contribution < 1.29 is 0 Å². The fourth-order valence-corrected chi connectivity index (χ4v) is 5.08. The average Bonchev–Trinajstić information content (AvgIpc) is 3.25. The number of hydrogen-bond acceptors (Lipinski definition) is 7. The molecule has 1 fully saturated rings. The Labute approximate surface area is 201 Å². The highest BCUT2D eigenvalue weighted by atomic mass is 15.2. The minimum atomic E-state index is 0.381. The molecule has 1 saturated heterocycles. The van der Waals surface area contributed by atoms with E-state index in [1.807, 2.05) is 6.20 Å². The number of nitrogens with one attached hydrogen (secondary N) is 3. The largest absolute Gasteiger partial charge is 0.375 e. The van der Waals surface area contributed by atoms with Crippen molar-refractivity contribution in [1.29, 1.82) is 0 Å². The molecule has 34 heavy (non-hydrogen) atoms. The first-order chi connectivity index (χ1) is 16.5. The smallest absolute Gasteiger partial charge is 0.223 e. The van der Waals surface area contributed by atoms with E-state index in [9.17, 15) is 0 Å². The van der Waals surface area contributed by atoms with E-state index in [1.54, 1.807) is 0 Å². The van der Waals surface area contributed by atoms with Gasteiger partial charge in [0.2, 0.25) is 5.95 Å². The van der Waals surface area contributed by atoms with Gasteiger partial charge in [0.15, 0.2) is 5.82 Å². The Kier molecular flexibility index (Phi) is 6.67. The second-order valence-corrected chi connectivity index (χ2v) is 9.91. The van der Waals surface area contributed by atoms with E-state index in [0.29, 0.717) is 17.9 Å². The summed E-state index contributed by atoms with van der Waals surface area (Å²) in [5.41, 5.74) is 5.80. The summed E-state index contributed by atoms with van der Waals surface area (Å²) >= 11 is 0. The standard InChI is InChI=1S/C26H36N8/c1-18(2)34-12-9-22(10-13-34)29-26-28-15-23-24(30-26)25(32-31-23)27-14-19(3)16-33-11-8-20-6-4-5-7-21(20)17-33/h4-7,15,19,22H,1,8-14,16-17H2,2-3H3,(H2,27,31,32)(H,28,29,30). The summed E-state index contributed by atoms with van der Waals surface area (Å²) in [6.07, 6.45) is 5.08. The van der Waals surface area contributed by atoms with E-state index in [2.05, 4.69) is 80.3 Å². The average molecular weight is 461 g/mol. The minimum Gasteiger partial charge on any atom is -0.375 e. The van der Waals surface area contributed by atoms with Gasteiger partial charge >= 0.3 is 0 Å². The van der Waals surface area contributed by atoms with Crippen LogP contribution in [-0.2, 0) is 13.0 Å². The van der Waals surface area contributed by atoms with Gasteiger partial charge in [-0.3, -0.25) is 10.00 Å². The molecule has 8 heteroatoms. The van der Waals surface area contributed by atoms with Gasteiger partial charge in [0.1, 0.15) is 11.0 Å². The van der Waals surface area contributed by atoms with Crippen molar-refractivity contribution in [3.05, 3.63) is 53.9 Å². The Balaban J connectivity index is 1.16. The zero-order valence-corrected chi connectivity index (χ0v) is 20.3. The summed E-state index contributed by atoms with van der Waals surface area (Å²) in [4.78, 5) is 14.2. The SMILES string of the molecule is C=C(C)N1CCC(Nc2ncc3[nH]nc(NCC(C)CN4CCc5ccccc5C4)c3n2)CC1. The van der Waals surface area contributed by atoms with Crippen LogP contribution >= 0.6 is 0 Å². The molecule has 1 atom stereocenters. The molecule has 0 amide bonds. The first kappa shape index (κ1) is 22.7. The van der Waals surface area contributed by atoms with Crippen molar-refractivity contribution in [3.8, 4) is 0 Å². The van der Waals surface area contributed by atoms with Crippen LogP contribution in [0.2, 0.25) is 0 Å². The predicted molar refractivity (Wildman–Crippen MR) is 138 cm³/mol. The first-order valence-corrected chi connectivity index (χ1v) is 12.5. The van der Waals surface area contributed by atoms with E-state index in [4.69, 9.17) is 4.98 Å². The topological polar surface area (TPSA) is 85.0 Å². The van der Waals surface area contributed by atoms with Crippen LogP contribution in [0.4, 0.5) is 11.8 Å². The van der Waals surface area contributed by atoms with E-state index in [1.165, 1.54) is 11.1 Å². The molecule has 2 aliphatic rings. The maximum absolute atomic E-state index is 4.78. The molecule has 4 heterocycles. The van der Waals surface area contributed by atoms with Gasteiger partial charge in [-0.05, 0) is 43.2 Å². The number of benzene rings is 1. The normalized spacial score (nSPS) is 18.0.